The lowest BCUT2D eigenvalue weighted by atomic mass is 10.2. The highest BCUT2D eigenvalue weighted by atomic mass is 32.2. The molecule has 2 N–H and O–H groups in total. The molecule has 0 aliphatic carbocycles. The number of aromatic nitrogens is 1. The fourth-order valence-electron chi connectivity index (χ4n) is 2.62. The zero-order valence-electron chi connectivity index (χ0n) is 13.7. The Balaban J connectivity index is 1.67. The molecule has 0 atom stereocenters. The fraction of sp³-hybridized carbons (Fsp3) is 0.294. The molecule has 2 heterocycles. The SMILES string of the molecule is O=S(=O)(c1ccc(NN=Cc2ccccc2O)nc1)N1CCCCC1. The Labute approximate surface area is 147 Å². The van der Waals surface area contributed by atoms with E-state index in [0.717, 1.165) is 19.3 Å². The Hall–Kier alpha value is -2.45. The highest BCUT2D eigenvalue weighted by molar-refractivity contribution is 7.89. The predicted molar refractivity (Wildman–Crippen MR) is 96.2 cm³/mol. The molecule has 0 amide bonds. The van der Waals surface area contributed by atoms with Gasteiger partial charge in [-0.25, -0.2) is 13.4 Å². The summed E-state index contributed by atoms with van der Waals surface area (Å²) in [5.41, 5.74) is 3.29. The van der Waals surface area contributed by atoms with Gasteiger partial charge in [0.25, 0.3) is 0 Å². The van der Waals surface area contributed by atoms with Crippen molar-refractivity contribution < 1.29 is 13.5 Å². The van der Waals surface area contributed by atoms with Gasteiger partial charge in [0, 0.05) is 24.8 Å². The van der Waals surface area contributed by atoms with Crippen LogP contribution in [0.4, 0.5) is 5.82 Å². The molecule has 1 aliphatic heterocycles. The maximum Gasteiger partial charge on any atom is 0.244 e. The summed E-state index contributed by atoms with van der Waals surface area (Å²) in [7, 11) is -3.48. The minimum Gasteiger partial charge on any atom is -0.507 e. The third-order valence-electron chi connectivity index (χ3n) is 4.01. The zero-order chi connectivity index (χ0) is 17.7. The van der Waals surface area contributed by atoms with Crippen molar-refractivity contribution in [2.45, 2.75) is 24.2 Å². The monoisotopic (exact) mass is 360 g/mol. The van der Waals surface area contributed by atoms with E-state index in [4.69, 9.17) is 0 Å². The molecule has 8 heteroatoms. The van der Waals surface area contributed by atoms with Crippen LogP contribution in [-0.2, 0) is 10.0 Å². The molecule has 0 saturated carbocycles. The molecule has 2 aromatic rings. The van der Waals surface area contributed by atoms with Crippen molar-refractivity contribution in [3.05, 3.63) is 48.2 Å². The van der Waals surface area contributed by atoms with Crippen LogP contribution in [0.3, 0.4) is 0 Å². The van der Waals surface area contributed by atoms with E-state index in [1.165, 1.54) is 22.8 Å². The van der Waals surface area contributed by atoms with Gasteiger partial charge < -0.3 is 5.11 Å². The zero-order valence-corrected chi connectivity index (χ0v) is 14.5. The first-order chi connectivity index (χ1) is 12.1. The Kier molecular flexibility index (Phi) is 5.30. The van der Waals surface area contributed by atoms with E-state index >= 15 is 0 Å². The van der Waals surface area contributed by atoms with Gasteiger partial charge in [-0.05, 0) is 37.1 Å². The lowest BCUT2D eigenvalue weighted by Gasteiger charge is -2.25. The Bertz CT molecular complexity index is 844. The number of pyridine rings is 1. The summed E-state index contributed by atoms with van der Waals surface area (Å²) in [5, 5.41) is 13.6. The second kappa shape index (κ2) is 7.62. The van der Waals surface area contributed by atoms with E-state index in [0.29, 0.717) is 24.5 Å². The van der Waals surface area contributed by atoms with Crippen LogP contribution in [0.2, 0.25) is 0 Å². The first-order valence-electron chi connectivity index (χ1n) is 8.11. The van der Waals surface area contributed by atoms with Crippen LogP contribution >= 0.6 is 0 Å². The molecule has 25 heavy (non-hydrogen) atoms. The first-order valence-corrected chi connectivity index (χ1v) is 9.55. The fourth-order valence-corrected chi connectivity index (χ4v) is 4.08. The minimum atomic E-state index is -3.48. The summed E-state index contributed by atoms with van der Waals surface area (Å²) in [6, 6.07) is 9.90. The van der Waals surface area contributed by atoms with Crippen LogP contribution in [-0.4, -0.2) is 42.1 Å². The Morgan fingerprint density at radius 3 is 2.56 bits per heavy atom. The van der Waals surface area contributed by atoms with Gasteiger partial charge in [0.2, 0.25) is 10.0 Å². The van der Waals surface area contributed by atoms with Crippen molar-refractivity contribution in [2.24, 2.45) is 5.10 Å². The van der Waals surface area contributed by atoms with E-state index in [1.807, 2.05) is 0 Å². The lowest BCUT2D eigenvalue weighted by molar-refractivity contribution is 0.346. The molecule has 0 unspecified atom stereocenters. The summed E-state index contributed by atoms with van der Waals surface area (Å²) in [5.74, 6) is 0.549. The highest BCUT2D eigenvalue weighted by Gasteiger charge is 2.25. The maximum atomic E-state index is 12.5. The van der Waals surface area contributed by atoms with Crippen molar-refractivity contribution in [3.63, 3.8) is 0 Å². The molecule has 1 aliphatic rings. The van der Waals surface area contributed by atoms with Gasteiger partial charge in [0.05, 0.1) is 6.21 Å². The number of nitrogens with zero attached hydrogens (tertiary/aromatic N) is 3. The standard InChI is InChI=1S/C17H20N4O3S/c22-16-7-3-2-6-14(16)12-19-20-17-9-8-15(13-18-17)25(23,24)21-10-4-1-5-11-21/h2-3,6-9,12-13,22H,1,4-5,10-11H2,(H,18,20). The molecular formula is C17H20N4O3S. The summed E-state index contributed by atoms with van der Waals surface area (Å²) in [4.78, 5) is 4.29. The normalized spacial score (nSPS) is 16.2. The average Bonchev–Trinajstić information content (AvgIpc) is 2.64. The van der Waals surface area contributed by atoms with Crippen molar-refractivity contribution in [1.82, 2.24) is 9.29 Å². The number of rotatable bonds is 5. The summed E-state index contributed by atoms with van der Waals surface area (Å²) in [6.45, 7) is 1.13. The van der Waals surface area contributed by atoms with Gasteiger partial charge in [-0.15, -0.1) is 0 Å². The largest absolute Gasteiger partial charge is 0.507 e. The van der Waals surface area contributed by atoms with E-state index in [-0.39, 0.29) is 10.6 Å². The number of piperidine rings is 1. The number of anilines is 1. The van der Waals surface area contributed by atoms with Crippen LogP contribution < -0.4 is 5.43 Å². The summed E-state index contributed by atoms with van der Waals surface area (Å²) < 4.78 is 26.6. The van der Waals surface area contributed by atoms with E-state index < -0.39 is 10.0 Å². The maximum absolute atomic E-state index is 12.5. The molecule has 3 rings (SSSR count). The van der Waals surface area contributed by atoms with Crippen LogP contribution in [0.5, 0.6) is 5.75 Å². The topological polar surface area (TPSA) is 94.9 Å². The lowest BCUT2D eigenvalue weighted by Crippen LogP contribution is -2.35. The highest BCUT2D eigenvalue weighted by Crippen LogP contribution is 2.20. The van der Waals surface area contributed by atoms with Crippen LogP contribution in [0.25, 0.3) is 0 Å². The number of phenolic OH excluding ortho intramolecular Hbond substituents is 1. The quantitative estimate of drug-likeness (QED) is 0.631. The van der Waals surface area contributed by atoms with Gasteiger partial charge in [0.15, 0.2) is 0 Å². The average molecular weight is 360 g/mol. The number of hydrogen-bond acceptors (Lipinski definition) is 6. The van der Waals surface area contributed by atoms with E-state index in [9.17, 15) is 13.5 Å². The minimum absolute atomic E-state index is 0.129. The van der Waals surface area contributed by atoms with Crippen LogP contribution in [0, 0.1) is 0 Å². The second-order valence-electron chi connectivity index (χ2n) is 5.77. The van der Waals surface area contributed by atoms with Crippen molar-refractivity contribution in [1.29, 1.82) is 0 Å². The number of hydrazone groups is 1. The third kappa shape index (κ3) is 4.15. The number of benzene rings is 1. The number of aromatic hydroxyl groups is 1. The molecule has 7 nitrogen and oxygen atoms in total. The molecule has 1 fully saturated rings. The summed E-state index contributed by atoms with van der Waals surface area (Å²) >= 11 is 0. The van der Waals surface area contributed by atoms with Gasteiger partial charge in [-0.2, -0.15) is 9.41 Å². The Morgan fingerprint density at radius 1 is 1.12 bits per heavy atom. The molecule has 0 bridgehead atoms. The number of nitrogens with one attached hydrogen (secondary N) is 1. The van der Waals surface area contributed by atoms with Crippen molar-refractivity contribution in [2.75, 3.05) is 18.5 Å². The van der Waals surface area contributed by atoms with Gasteiger partial charge in [-0.3, -0.25) is 5.43 Å². The van der Waals surface area contributed by atoms with Crippen molar-refractivity contribution >= 4 is 22.1 Å². The Morgan fingerprint density at radius 2 is 1.88 bits per heavy atom. The van der Waals surface area contributed by atoms with Gasteiger partial charge in [0.1, 0.15) is 16.5 Å². The van der Waals surface area contributed by atoms with Crippen LogP contribution in [0.15, 0.2) is 52.6 Å². The third-order valence-corrected chi connectivity index (χ3v) is 5.89. The molecular weight excluding hydrogens is 340 g/mol. The van der Waals surface area contributed by atoms with Gasteiger partial charge in [-0.1, -0.05) is 18.6 Å². The smallest absolute Gasteiger partial charge is 0.244 e. The first kappa shape index (κ1) is 17.4. The van der Waals surface area contributed by atoms with E-state index in [2.05, 4.69) is 15.5 Å². The van der Waals surface area contributed by atoms with Gasteiger partial charge >= 0.3 is 0 Å². The van der Waals surface area contributed by atoms with E-state index in [1.54, 1.807) is 30.3 Å². The molecule has 1 aromatic carbocycles. The number of phenols is 1. The van der Waals surface area contributed by atoms with Crippen molar-refractivity contribution in [3.8, 4) is 5.75 Å². The molecule has 0 radical (unpaired) electrons. The molecule has 0 spiro atoms. The number of hydrogen-bond donors (Lipinski definition) is 2. The predicted octanol–water partition coefficient (Wildman–Crippen LogP) is 2.41. The molecule has 132 valence electrons. The number of sulfonamides is 1. The summed E-state index contributed by atoms with van der Waals surface area (Å²) in [6.07, 6.45) is 5.67. The number of para-hydroxylation sites is 1. The molecule has 1 saturated heterocycles. The van der Waals surface area contributed by atoms with Crippen LogP contribution in [0.1, 0.15) is 24.8 Å². The molecule has 1 aromatic heterocycles. The second-order valence-corrected chi connectivity index (χ2v) is 7.71.